The number of rotatable bonds is 5. The lowest BCUT2D eigenvalue weighted by atomic mass is 9.77. The number of halogens is 1. The van der Waals surface area contributed by atoms with Crippen LogP contribution in [0.25, 0.3) is 22.8 Å². The van der Waals surface area contributed by atoms with Gasteiger partial charge in [-0.25, -0.2) is 19.0 Å². The number of aromatic nitrogens is 6. The Kier molecular flexibility index (Phi) is 5.13. The maximum absolute atomic E-state index is 14.9. The summed E-state index contributed by atoms with van der Waals surface area (Å²) >= 11 is 0. The molecule has 1 aliphatic rings. The molecule has 9 heteroatoms. The van der Waals surface area contributed by atoms with Crippen molar-refractivity contribution in [3.8, 4) is 22.8 Å². The molecule has 0 bridgehead atoms. The molecule has 1 saturated carbocycles. The molecule has 1 aliphatic carbocycles. The minimum atomic E-state index is -0.838. The number of hydrogen-bond acceptors (Lipinski definition) is 7. The molecule has 3 aromatic heterocycles. The maximum atomic E-state index is 14.9. The number of nitrogens with zero attached hydrogens (tertiary/aromatic N) is 6. The Balaban J connectivity index is 1.46. The average Bonchev–Trinajstić information content (AvgIpc) is 3.24. The van der Waals surface area contributed by atoms with Gasteiger partial charge in [0.2, 0.25) is 0 Å². The van der Waals surface area contributed by atoms with Gasteiger partial charge in [0.15, 0.2) is 17.5 Å². The van der Waals surface area contributed by atoms with E-state index in [1.165, 1.54) is 0 Å². The quantitative estimate of drug-likeness (QED) is 0.483. The molecular formula is C24H24FN7O. The molecule has 0 saturated heterocycles. The van der Waals surface area contributed by atoms with Gasteiger partial charge in [-0.2, -0.15) is 0 Å². The third-order valence-electron chi connectivity index (χ3n) is 6.29. The molecule has 0 amide bonds. The summed E-state index contributed by atoms with van der Waals surface area (Å²) in [5.41, 5.74) is 9.53. The first-order chi connectivity index (χ1) is 15.8. The van der Waals surface area contributed by atoms with Crippen LogP contribution < -0.4 is 5.73 Å². The van der Waals surface area contributed by atoms with Gasteiger partial charge in [0.1, 0.15) is 17.0 Å². The van der Waals surface area contributed by atoms with Crippen molar-refractivity contribution in [1.29, 1.82) is 0 Å². The highest BCUT2D eigenvalue weighted by Gasteiger charge is 2.37. The van der Waals surface area contributed by atoms with E-state index in [0.717, 1.165) is 28.8 Å². The van der Waals surface area contributed by atoms with Crippen molar-refractivity contribution >= 4 is 5.82 Å². The largest absolute Gasteiger partial charge is 0.384 e. The Morgan fingerprint density at radius 3 is 2.64 bits per heavy atom. The zero-order chi connectivity index (χ0) is 23.2. The molecule has 5 rings (SSSR count). The number of aryl methyl sites for hydroxylation is 1. The van der Waals surface area contributed by atoms with Gasteiger partial charge in [0.25, 0.3) is 0 Å². The topological polar surface area (TPSA) is 116 Å². The second kappa shape index (κ2) is 8.00. The van der Waals surface area contributed by atoms with Crippen LogP contribution in [0, 0.1) is 19.7 Å². The standard InChI is InChI=1S/C24H24FN7O/c1-14-6-3-8-17(15(14)2)23-28-21(20(25)22(26)29-23)18-13-32(31-30-18)12-16-7-4-9-19(27-16)24(33)10-5-11-24/h3-4,6-9,13,33H,5,10-12H2,1-2H3,(H2,26,28,29). The molecule has 4 aromatic rings. The number of aliphatic hydroxyl groups is 1. The molecule has 0 spiro atoms. The van der Waals surface area contributed by atoms with E-state index in [9.17, 15) is 9.50 Å². The first kappa shape index (κ1) is 21.1. The third kappa shape index (κ3) is 3.84. The third-order valence-corrected chi connectivity index (χ3v) is 6.29. The molecule has 3 heterocycles. The van der Waals surface area contributed by atoms with Crippen LogP contribution in [0.4, 0.5) is 10.2 Å². The lowest BCUT2D eigenvalue weighted by Gasteiger charge is -2.36. The SMILES string of the molecule is Cc1cccc(-c2nc(N)c(F)c(-c3cn(Cc4cccc(C5(O)CCC5)n4)nn3)n2)c1C. The molecule has 1 fully saturated rings. The van der Waals surface area contributed by atoms with Crippen LogP contribution >= 0.6 is 0 Å². The van der Waals surface area contributed by atoms with Crippen molar-refractivity contribution in [2.75, 3.05) is 5.73 Å². The maximum Gasteiger partial charge on any atom is 0.193 e. The number of hydrogen-bond donors (Lipinski definition) is 2. The smallest absolute Gasteiger partial charge is 0.193 e. The molecular weight excluding hydrogens is 421 g/mol. The van der Waals surface area contributed by atoms with Crippen LogP contribution in [0.5, 0.6) is 0 Å². The van der Waals surface area contributed by atoms with Crippen LogP contribution in [-0.2, 0) is 12.1 Å². The summed E-state index contributed by atoms with van der Waals surface area (Å²) in [6.45, 7) is 4.28. The molecule has 0 radical (unpaired) electrons. The van der Waals surface area contributed by atoms with Gasteiger partial charge in [0.05, 0.1) is 24.1 Å². The van der Waals surface area contributed by atoms with Crippen molar-refractivity contribution < 1.29 is 9.50 Å². The Bertz CT molecular complexity index is 1350. The summed E-state index contributed by atoms with van der Waals surface area (Å²) in [6, 6.07) is 11.3. The summed E-state index contributed by atoms with van der Waals surface area (Å²) in [5, 5.41) is 18.8. The van der Waals surface area contributed by atoms with E-state index in [1.807, 2.05) is 50.2 Å². The van der Waals surface area contributed by atoms with E-state index in [1.54, 1.807) is 10.9 Å². The zero-order valence-electron chi connectivity index (χ0n) is 18.5. The van der Waals surface area contributed by atoms with Crippen molar-refractivity contribution in [3.63, 3.8) is 0 Å². The van der Waals surface area contributed by atoms with E-state index in [4.69, 9.17) is 5.73 Å². The number of nitrogens with two attached hydrogens (primary N) is 1. The number of anilines is 1. The summed E-state index contributed by atoms with van der Waals surface area (Å²) < 4.78 is 16.4. The summed E-state index contributed by atoms with van der Waals surface area (Å²) in [7, 11) is 0. The number of nitrogen functional groups attached to an aromatic ring is 1. The Labute approximate surface area is 190 Å². The fraction of sp³-hybridized carbons (Fsp3) is 0.292. The second-order valence-corrected chi connectivity index (χ2v) is 8.54. The summed E-state index contributed by atoms with van der Waals surface area (Å²) in [4.78, 5) is 13.2. The second-order valence-electron chi connectivity index (χ2n) is 8.54. The molecule has 1 aromatic carbocycles. The fourth-order valence-corrected chi connectivity index (χ4v) is 3.99. The molecule has 0 atom stereocenters. The Morgan fingerprint density at radius 1 is 1.09 bits per heavy atom. The molecule has 0 aliphatic heterocycles. The van der Waals surface area contributed by atoms with Gasteiger partial charge in [-0.3, -0.25) is 4.98 Å². The van der Waals surface area contributed by atoms with Crippen molar-refractivity contribution in [2.45, 2.75) is 45.3 Å². The zero-order valence-corrected chi connectivity index (χ0v) is 18.5. The van der Waals surface area contributed by atoms with Gasteiger partial charge in [-0.1, -0.05) is 29.5 Å². The van der Waals surface area contributed by atoms with Gasteiger partial charge < -0.3 is 10.8 Å². The van der Waals surface area contributed by atoms with Gasteiger partial charge in [-0.15, -0.1) is 5.10 Å². The minimum Gasteiger partial charge on any atom is -0.384 e. The normalized spacial score (nSPS) is 14.8. The van der Waals surface area contributed by atoms with Crippen LogP contribution in [0.15, 0.2) is 42.6 Å². The van der Waals surface area contributed by atoms with Gasteiger partial charge >= 0.3 is 0 Å². The van der Waals surface area contributed by atoms with Crippen molar-refractivity contribution in [2.24, 2.45) is 0 Å². The predicted octanol–water partition coefficient (Wildman–Crippen LogP) is 3.56. The average molecular weight is 446 g/mol. The molecule has 3 N–H and O–H groups in total. The predicted molar refractivity (Wildman–Crippen MR) is 121 cm³/mol. The monoisotopic (exact) mass is 445 g/mol. The highest BCUT2D eigenvalue weighted by atomic mass is 19.1. The number of benzene rings is 1. The molecule has 33 heavy (non-hydrogen) atoms. The lowest BCUT2D eigenvalue weighted by molar-refractivity contribution is -0.0427. The van der Waals surface area contributed by atoms with Crippen molar-refractivity contribution in [3.05, 3.63) is 70.9 Å². The molecule has 8 nitrogen and oxygen atoms in total. The molecule has 0 unspecified atom stereocenters. The summed E-state index contributed by atoms with van der Waals surface area (Å²) in [5.74, 6) is -0.639. The Hall–Kier alpha value is -3.72. The van der Waals surface area contributed by atoms with Crippen LogP contribution in [0.3, 0.4) is 0 Å². The van der Waals surface area contributed by atoms with E-state index >= 15 is 0 Å². The number of pyridine rings is 1. The van der Waals surface area contributed by atoms with Gasteiger partial charge in [-0.05, 0) is 56.4 Å². The molecule has 168 valence electrons. The first-order valence-electron chi connectivity index (χ1n) is 10.8. The van der Waals surface area contributed by atoms with Crippen LogP contribution in [0.1, 0.15) is 41.8 Å². The highest BCUT2D eigenvalue weighted by Crippen LogP contribution is 2.40. The minimum absolute atomic E-state index is 0.00450. The van der Waals surface area contributed by atoms with E-state index in [-0.39, 0.29) is 17.2 Å². The van der Waals surface area contributed by atoms with Crippen LogP contribution in [-0.4, -0.2) is 35.1 Å². The van der Waals surface area contributed by atoms with E-state index in [2.05, 4.69) is 25.3 Å². The van der Waals surface area contributed by atoms with Crippen molar-refractivity contribution in [1.82, 2.24) is 29.9 Å². The van der Waals surface area contributed by atoms with E-state index in [0.29, 0.717) is 30.9 Å². The van der Waals surface area contributed by atoms with Crippen LogP contribution in [0.2, 0.25) is 0 Å². The highest BCUT2D eigenvalue weighted by molar-refractivity contribution is 5.67. The fourth-order valence-electron chi connectivity index (χ4n) is 3.99. The summed E-state index contributed by atoms with van der Waals surface area (Å²) in [6.07, 6.45) is 4.03. The first-order valence-corrected chi connectivity index (χ1v) is 10.8. The Morgan fingerprint density at radius 2 is 1.88 bits per heavy atom. The van der Waals surface area contributed by atoms with Gasteiger partial charge in [0, 0.05) is 5.56 Å². The van der Waals surface area contributed by atoms with E-state index < -0.39 is 11.4 Å². The lowest BCUT2D eigenvalue weighted by Crippen LogP contribution is -2.34.